The van der Waals surface area contributed by atoms with Crippen LogP contribution in [0.4, 0.5) is 0 Å². The van der Waals surface area contributed by atoms with Crippen molar-refractivity contribution < 1.29 is 9.84 Å². The van der Waals surface area contributed by atoms with E-state index in [2.05, 4.69) is 6.92 Å². The number of hydrogen-bond acceptors (Lipinski definition) is 4. The van der Waals surface area contributed by atoms with Crippen molar-refractivity contribution in [3.63, 3.8) is 0 Å². The molecule has 4 unspecified atom stereocenters. The molecule has 0 amide bonds. The second-order valence-corrected chi connectivity index (χ2v) is 5.54. The van der Waals surface area contributed by atoms with Crippen molar-refractivity contribution in [3.8, 4) is 0 Å². The summed E-state index contributed by atoms with van der Waals surface area (Å²) in [5.41, 5.74) is 5.57. The van der Waals surface area contributed by atoms with Crippen LogP contribution in [0.15, 0.2) is 0 Å². The van der Waals surface area contributed by atoms with E-state index in [1.165, 1.54) is 0 Å². The zero-order valence-corrected chi connectivity index (χ0v) is 10.0. The summed E-state index contributed by atoms with van der Waals surface area (Å²) in [6.07, 6.45) is 0.419. The van der Waals surface area contributed by atoms with Gasteiger partial charge in [0.1, 0.15) is 0 Å². The molecule has 0 bridgehead atoms. The standard InChI is InChI=1S/C10H21NO2S/c1-7(12)8(2)13-10(6-11)4-5-14-9(10)3/h7-9,12H,4-6,11H2,1-3H3. The summed E-state index contributed by atoms with van der Waals surface area (Å²) in [6.45, 7) is 6.34. The lowest BCUT2D eigenvalue weighted by molar-refractivity contribution is -0.116. The molecule has 0 spiro atoms. The summed E-state index contributed by atoms with van der Waals surface area (Å²) >= 11 is 1.90. The van der Waals surface area contributed by atoms with Crippen molar-refractivity contribution in [1.29, 1.82) is 0 Å². The topological polar surface area (TPSA) is 55.5 Å². The van der Waals surface area contributed by atoms with E-state index in [1.54, 1.807) is 6.92 Å². The molecule has 14 heavy (non-hydrogen) atoms. The molecule has 1 aliphatic heterocycles. The van der Waals surface area contributed by atoms with Crippen LogP contribution in [-0.2, 0) is 4.74 Å². The minimum Gasteiger partial charge on any atom is -0.391 e. The van der Waals surface area contributed by atoms with Gasteiger partial charge in [0.25, 0.3) is 0 Å². The Kier molecular flexibility index (Phi) is 4.25. The lowest BCUT2D eigenvalue weighted by Crippen LogP contribution is -2.49. The molecular formula is C10H21NO2S. The quantitative estimate of drug-likeness (QED) is 0.740. The first-order valence-corrected chi connectivity index (χ1v) is 6.24. The molecule has 4 atom stereocenters. The highest BCUT2D eigenvalue weighted by Crippen LogP contribution is 2.38. The van der Waals surface area contributed by atoms with Crippen molar-refractivity contribution in [2.24, 2.45) is 5.73 Å². The molecule has 3 nitrogen and oxygen atoms in total. The van der Waals surface area contributed by atoms with Gasteiger partial charge in [-0.3, -0.25) is 0 Å². The highest BCUT2D eigenvalue weighted by atomic mass is 32.2. The zero-order chi connectivity index (χ0) is 10.8. The van der Waals surface area contributed by atoms with Gasteiger partial charge in [0.2, 0.25) is 0 Å². The molecule has 1 rings (SSSR count). The Balaban J connectivity index is 2.61. The minimum absolute atomic E-state index is 0.139. The van der Waals surface area contributed by atoms with Gasteiger partial charge in [0, 0.05) is 11.8 Å². The van der Waals surface area contributed by atoms with Gasteiger partial charge in [0.05, 0.1) is 17.8 Å². The fraction of sp³-hybridized carbons (Fsp3) is 1.00. The van der Waals surface area contributed by atoms with Gasteiger partial charge in [-0.2, -0.15) is 11.8 Å². The number of nitrogens with two attached hydrogens (primary N) is 1. The van der Waals surface area contributed by atoms with Crippen LogP contribution in [0.2, 0.25) is 0 Å². The summed E-state index contributed by atoms with van der Waals surface area (Å²) in [5.74, 6) is 1.10. The Morgan fingerprint density at radius 1 is 1.64 bits per heavy atom. The average Bonchev–Trinajstić information content (AvgIpc) is 2.48. The van der Waals surface area contributed by atoms with Crippen LogP contribution in [0.3, 0.4) is 0 Å². The number of rotatable bonds is 4. The average molecular weight is 219 g/mol. The minimum atomic E-state index is -0.434. The number of hydrogen-bond donors (Lipinski definition) is 2. The Bertz CT molecular complexity index is 189. The molecule has 0 aromatic heterocycles. The predicted molar refractivity (Wildman–Crippen MR) is 60.6 cm³/mol. The van der Waals surface area contributed by atoms with Gasteiger partial charge in [-0.1, -0.05) is 6.92 Å². The molecular weight excluding hydrogens is 198 g/mol. The van der Waals surface area contributed by atoms with E-state index < -0.39 is 6.10 Å². The normalized spacial score (nSPS) is 37.1. The summed E-state index contributed by atoms with van der Waals surface area (Å²) in [5, 5.41) is 9.83. The molecule has 1 aliphatic rings. The third kappa shape index (κ3) is 2.42. The van der Waals surface area contributed by atoms with Gasteiger partial charge >= 0.3 is 0 Å². The Labute approximate surface area is 90.4 Å². The number of ether oxygens (including phenoxy) is 1. The van der Waals surface area contributed by atoms with Gasteiger partial charge in [-0.25, -0.2) is 0 Å². The maximum atomic E-state index is 9.40. The van der Waals surface area contributed by atoms with Gasteiger partial charge in [0.15, 0.2) is 0 Å². The fourth-order valence-electron chi connectivity index (χ4n) is 1.70. The van der Waals surface area contributed by atoms with Crippen molar-refractivity contribution in [2.75, 3.05) is 12.3 Å². The Morgan fingerprint density at radius 2 is 2.29 bits per heavy atom. The molecule has 3 N–H and O–H groups in total. The molecule has 0 aliphatic carbocycles. The lowest BCUT2D eigenvalue weighted by Gasteiger charge is -2.35. The Hall–Kier alpha value is 0.230. The second-order valence-electron chi connectivity index (χ2n) is 4.10. The van der Waals surface area contributed by atoms with Crippen LogP contribution in [0.5, 0.6) is 0 Å². The van der Waals surface area contributed by atoms with Gasteiger partial charge in [-0.05, 0) is 26.0 Å². The molecule has 1 heterocycles. The molecule has 0 radical (unpaired) electrons. The van der Waals surface area contributed by atoms with E-state index in [4.69, 9.17) is 10.5 Å². The fourth-order valence-corrected chi connectivity index (χ4v) is 3.09. The molecule has 4 heteroatoms. The van der Waals surface area contributed by atoms with E-state index in [1.807, 2.05) is 18.7 Å². The van der Waals surface area contributed by atoms with Crippen LogP contribution in [0.25, 0.3) is 0 Å². The maximum absolute atomic E-state index is 9.40. The monoisotopic (exact) mass is 219 g/mol. The number of thioether (sulfide) groups is 1. The molecule has 1 saturated heterocycles. The summed E-state index contributed by atoms with van der Waals surface area (Å²) < 4.78 is 5.93. The van der Waals surface area contributed by atoms with Crippen molar-refractivity contribution in [3.05, 3.63) is 0 Å². The largest absolute Gasteiger partial charge is 0.391 e. The second kappa shape index (κ2) is 4.84. The summed E-state index contributed by atoms with van der Waals surface area (Å²) in [7, 11) is 0. The Morgan fingerprint density at radius 3 is 2.64 bits per heavy atom. The van der Waals surface area contributed by atoms with E-state index in [9.17, 15) is 5.11 Å². The summed E-state index contributed by atoms with van der Waals surface area (Å²) in [4.78, 5) is 0. The van der Waals surface area contributed by atoms with E-state index in [0.717, 1.165) is 12.2 Å². The van der Waals surface area contributed by atoms with Crippen molar-refractivity contribution >= 4 is 11.8 Å². The van der Waals surface area contributed by atoms with Crippen LogP contribution < -0.4 is 5.73 Å². The zero-order valence-electron chi connectivity index (χ0n) is 9.19. The maximum Gasteiger partial charge on any atom is 0.0931 e. The smallest absolute Gasteiger partial charge is 0.0931 e. The van der Waals surface area contributed by atoms with Crippen LogP contribution in [0.1, 0.15) is 27.2 Å². The first-order valence-electron chi connectivity index (χ1n) is 5.19. The summed E-state index contributed by atoms with van der Waals surface area (Å²) in [6, 6.07) is 0. The molecule has 0 aromatic rings. The van der Waals surface area contributed by atoms with Crippen LogP contribution >= 0.6 is 11.8 Å². The third-order valence-corrected chi connectivity index (χ3v) is 4.45. The van der Waals surface area contributed by atoms with Crippen LogP contribution in [0, 0.1) is 0 Å². The molecule has 0 saturated carbocycles. The lowest BCUT2D eigenvalue weighted by atomic mass is 9.96. The molecule has 84 valence electrons. The van der Waals surface area contributed by atoms with Crippen molar-refractivity contribution in [2.45, 2.75) is 50.3 Å². The first kappa shape index (κ1) is 12.3. The highest BCUT2D eigenvalue weighted by Gasteiger charge is 2.42. The highest BCUT2D eigenvalue weighted by molar-refractivity contribution is 8.00. The van der Waals surface area contributed by atoms with E-state index in [0.29, 0.717) is 11.8 Å². The SMILES string of the molecule is CC(O)C(C)OC1(CN)CCSC1C. The van der Waals surface area contributed by atoms with E-state index in [-0.39, 0.29) is 11.7 Å². The van der Waals surface area contributed by atoms with Crippen LogP contribution in [-0.4, -0.2) is 40.5 Å². The number of aliphatic hydroxyl groups excluding tert-OH is 1. The number of aliphatic hydroxyl groups is 1. The molecule has 1 fully saturated rings. The van der Waals surface area contributed by atoms with E-state index >= 15 is 0 Å². The molecule has 0 aromatic carbocycles. The third-order valence-electron chi connectivity index (χ3n) is 3.08. The van der Waals surface area contributed by atoms with Crippen molar-refractivity contribution in [1.82, 2.24) is 0 Å². The van der Waals surface area contributed by atoms with Gasteiger partial charge in [-0.15, -0.1) is 0 Å². The van der Waals surface area contributed by atoms with Gasteiger partial charge < -0.3 is 15.6 Å². The predicted octanol–water partition coefficient (Wildman–Crippen LogP) is 0.995. The first-order chi connectivity index (χ1) is 6.52.